The maximum Gasteiger partial charge on any atom is 0.138 e. The zero-order valence-corrected chi connectivity index (χ0v) is 18.4. The summed E-state index contributed by atoms with van der Waals surface area (Å²) in [5.41, 5.74) is 5.64. The lowest BCUT2D eigenvalue weighted by atomic mass is 9.97. The fourth-order valence-electron chi connectivity index (χ4n) is 4.25. The van der Waals surface area contributed by atoms with Crippen molar-refractivity contribution >= 4 is 10.8 Å². The SMILES string of the molecule is CCCCCCc1ccc(CCc2ccc3c(F)c(-c4ccccc4)ccc3c2)cc1. The molecular weight excluding hydrogens is 379 g/mol. The number of halogens is 1. The van der Waals surface area contributed by atoms with Crippen LogP contribution in [0.3, 0.4) is 0 Å². The van der Waals surface area contributed by atoms with E-state index in [2.05, 4.69) is 43.3 Å². The van der Waals surface area contributed by atoms with E-state index >= 15 is 4.39 Å². The highest BCUT2D eigenvalue weighted by atomic mass is 19.1. The smallest absolute Gasteiger partial charge is 0.138 e. The molecule has 0 heterocycles. The Labute approximate surface area is 185 Å². The molecule has 31 heavy (non-hydrogen) atoms. The number of rotatable bonds is 9. The second-order valence-corrected chi connectivity index (χ2v) is 8.48. The second-order valence-electron chi connectivity index (χ2n) is 8.48. The summed E-state index contributed by atoms with van der Waals surface area (Å²) in [7, 11) is 0. The lowest BCUT2D eigenvalue weighted by Gasteiger charge is -2.09. The van der Waals surface area contributed by atoms with Crippen LogP contribution in [-0.4, -0.2) is 0 Å². The molecule has 4 aromatic rings. The molecule has 0 aliphatic heterocycles. The molecule has 0 atom stereocenters. The first-order chi connectivity index (χ1) is 15.2. The van der Waals surface area contributed by atoms with Crippen molar-refractivity contribution in [3.63, 3.8) is 0 Å². The lowest BCUT2D eigenvalue weighted by molar-refractivity contribution is 0.643. The Morgan fingerprint density at radius 3 is 2.03 bits per heavy atom. The molecule has 0 saturated carbocycles. The Balaban J connectivity index is 1.41. The molecule has 0 aliphatic rings. The summed E-state index contributed by atoms with van der Waals surface area (Å²) in [5.74, 6) is -0.134. The Bertz CT molecular complexity index is 1110. The average molecular weight is 411 g/mol. The number of benzene rings is 4. The van der Waals surface area contributed by atoms with Crippen LogP contribution in [0.5, 0.6) is 0 Å². The number of fused-ring (bicyclic) bond motifs is 1. The Morgan fingerprint density at radius 2 is 1.29 bits per heavy atom. The van der Waals surface area contributed by atoms with Gasteiger partial charge in [0.1, 0.15) is 5.82 Å². The largest absolute Gasteiger partial charge is 0.206 e. The van der Waals surface area contributed by atoms with Crippen LogP contribution in [0.4, 0.5) is 4.39 Å². The van der Waals surface area contributed by atoms with Crippen molar-refractivity contribution in [2.24, 2.45) is 0 Å². The van der Waals surface area contributed by atoms with Crippen LogP contribution in [0.2, 0.25) is 0 Å². The van der Waals surface area contributed by atoms with E-state index in [1.54, 1.807) is 0 Å². The summed E-state index contributed by atoms with van der Waals surface area (Å²) in [6.07, 6.45) is 8.39. The molecule has 0 fully saturated rings. The minimum absolute atomic E-state index is 0.134. The third kappa shape index (κ3) is 5.41. The van der Waals surface area contributed by atoms with Gasteiger partial charge in [0.25, 0.3) is 0 Å². The van der Waals surface area contributed by atoms with E-state index in [4.69, 9.17) is 0 Å². The zero-order chi connectivity index (χ0) is 21.5. The van der Waals surface area contributed by atoms with E-state index in [-0.39, 0.29) is 5.82 Å². The third-order valence-corrected chi connectivity index (χ3v) is 6.15. The van der Waals surface area contributed by atoms with E-state index in [1.165, 1.54) is 48.8 Å². The van der Waals surface area contributed by atoms with Gasteiger partial charge in [-0.05, 0) is 53.3 Å². The summed E-state index contributed by atoms with van der Waals surface area (Å²) in [5, 5.41) is 1.66. The van der Waals surface area contributed by atoms with Crippen molar-refractivity contribution in [3.8, 4) is 11.1 Å². The van der Waals surface area contributed by atoms with Crippen LogP contribution in [0.15, 0.2) is 84.9 Å². The normalized spacial score (nSPS) is 11.2. The molecule has 0 aromatic heterocycles. The van der Waals surface area contributed by atoms with Gasteiger partial charge in [0, 0.05) is 10.9 Å². The third-order valence-electron chi connectivity index (χ3n) is 6.15. The predicted molar refractivity (Wildman–Crippen MR) is 131 cm³/mol. The summed E-state index contributed by atoms with van der Waals surface area (Å²) in [6, 6.07) is 28.9. The van der Waals surface area contributed by atoms with Crippen molar-refractivity contribution in [1.29, 1.82) is 0 Å². The van der Waals surface area contributed by atoms with Crippen LogP contribution < -0.4 is 0 Å². The van der Waals surface area contributed by atoms with Gasteiger partial charge < -0.3 is 0 Å². The van der Waals surface area contributed by atoms with Gasteiger partial charge in [0.2, 0.25) is 0 Å². The first-order valence-electron chi connectivity index (χ1n) is 11.6. The fourth-order valence-corrected chi connectivity index (χ4v) is 4.25. The molecule has 0 N–H and O–H groups in total. The van der Waals surface area contributed by atoms with Crippen LogP contribution in [0.1, 0.15) is 49.3 Å². The van der Waals surface area contributed by atoms with Gasteiger partial charge in [-0.2, -0.15) is 0 Å². The van der Waals surface area contributed by atoms with Gasteiger partial charge in [0.05, 0.1) is 0 Å². The van der Waals surface area contributed by atoms with Crippen molar-refractivity contribution in [1.82, 2.24) is 0 Å². The van der Waals surface area contributed by atoms with E-state index in [0.29, 0.717) is 10.9 Å². The van der Waals surface area contributed by atoms with Gasteiger partial charge in [-0.3, -0.25) is 0 Å². The minimum Gasteiger partial charge on any atom is -0.206 e. The molecule has 4 aromatic carbocycles. The van der Waals surface area contributed by atoms with Crippen LogP contribution in [0.25, 0.3) is 21.9 Å². The Kier molecular flexibility index (Phi) is 7.14. The van der Waals surface area contributed by atoms with Crippen molar-refractivity contribution in [2.75, 3.05) is 0 Å². The molecule has 0 spiro atoms. The number of hydrogen-bond acceptors (Lipinski definition) is 0. The van der Waals surface area contributed by atoms with E-state index in [1.807, 2.05) is 48.5 Å². The average Bonchev–Trinajstić information content (AvgIpc) is 2.82. The van der Waals surface area contributed by atoms with Gasteiger partial charge in [-0.25, -0.2) is 4.39 Å². The van der Waals surface area contributed by atoms with Crippen LogP contribution >= 0.6 is 0 Å². The molecule has 0 radical (unpaired) electrons. The summed E-state index contributed by atoms with van der Waals surface area (Å²) < 4.78 is 15.1. The topological polar surface area (TPSA) is 0 Å². The molecule has 0 nitrogen and oxygen atoms in total. The van der Waals surface area contributed by atoms with Crippen molar-refractivity contribution < 1.29 is 4.39 Å². The lowest BCUT2D eigenvalue weighted by Crippen LogP contribution is -1.94. The molecule has 0 saturated heterocycles. The molecular formula is C30H31F. The van der Waals surface area contributed by atoms with Gasteiger partial charge in [0.15, 0.2) is 0 Å². The Hall–Kier alpha value is -2.93. The highest BCUT2D eigenvalue weighted by Gasteiger charge is 2.09. The molecule has 0 bridgehead atoms. The highest BCUT2D eigenvalue weighted by Crippen LogP contribution is 2.29. The minimum atomic E-state index is -0.134. The Morgan fingerprint density at radius 1 is 0.613 bits per heavy atom. The van der Waals surface area contributed by atoms with Crippen molar-refractivity contribution in [2.45, 2.75) is 51.9 Å². The zero-order valence-electron chi connectivity index (χ0n) is 18.4. The summed E-state index contributed by atoms with van der Waals surface area (Å²) in [4.78, 5) is 0. The number of aryl methyl sites for hydroxylation is 3. The summed E-state index contributed by atoms with van der Waals surface area (Å²) >= 11 is 0. The molecule has 4 rings (SSSR count). The first kappa shape index (κ1) is 21.3. The van der Waals surface area contributed by atoms with Gasteiger partial charge in [-0.15, -0.1) is 0 Å². The van der Waals surface area contributed by atoms with Crippen LogP contribution in [0, 0.1) is 5.82 Å². The quantitative estimate of drug-likeness (QED) is 0.242. The van der Waals surface area contributed by atoms with Crippen molar-refractivity contribution in [3.05, 3.63) is 107 Å². The van der Waals surface area contributed by atoms with E-state index in [9.17, 15) is 0 Å². The predicted octanol–water partition coefficient (Wildman–Crippen LogP) is 8.55. The maximum atomic E-state index is 15.1. The van der Waals surface area contributed by atoms with E-state index in [0.717, 1.165) is 23.8 Å². The number of hydrogen-bond donors (Lipinski definition) is 0. The fraction of sp³-hybridized carbons (Fsp3) is 0.267. The van der Waals surface area contributed by atoms with E-state index < -0.39 is 0 Å². The highest BCUT2D eigenvalue weighted by molar-refractivity contribution is 5.88. The molecule has 0 aliphatic carbocycles. The maximum absolute atomic E-state index is 15.1. The van der Waals surface area contributed by atoms with Gasteiger partial charge >= 0.3 is 0 Å². The standard InChI is InChI=1S/C30H31F/c1-2-3-4-6-9-23-12-14-24(15-13-23)16-17-25-18-20-29-27(22-25)19-21-28(30(29)31)26-10-7-5-8-11-26/h5,7-8,10-15,18-22H,2-4,6,9,16-17H2,1H3. The van der Waals surface area contributed by atoms with Gasteiger partial charge in [-0.1, -0.05) is 111 Å². The number of unbranched alkanes of at least 4 members (excludes halogenated alkanes) is 3. The summed E-state index contributed by atoms with van der Waals surface area (Å²) in [6.45, 7) is 2.25. The van der Waals surface area contributed by atoms with Crippen LogP contribution in [-0.2, 0) is 19.3 Å². The molecule has 0 unspecified atom stereocenters. The molecule has 1 heteroatoms. The first-order valence-corrected chi connectivity index (χ1v) is 11.6. The molecule has 158 valence electrons. The molecule has 0 amide bonds. The monoisotopic (exact) mass is 410 g/mol. The second kappa shape index (κ2) is 10.4.